The van der Waals surface area contributed by atoms with E-state index in [9.17, 15) is 9.90 Å². The Morgan fingerprint density at radius 2 is 1.67 bits per heavy atom. The summed E-state index contributed by atoms with van der Waals surface area (Å²) in [7, 11) is 1.89. The van der Waals surface area contributed by atoms with Crippen LogP contribution < -0.4 is 5.32 Å². The second-order valence-electron chi connectivity index (χ2n) is 6.36. The Kier molecular flexibility index (Phi) is 6.23. The highest BCUT2D eigenvalue weighted by Crippen LogP contribution is 2.23. The molecular weight excluding hydrogens is 338 g/mol. The molecule has 3 aromatic carbocycles. The van der Waals surface area contributed by atoms with Gasteiger partial charge in [0.15, 0.2) is 6.10 Å². The van der Waals surface area contributed by atoms with Crippen molar-refractivity contribution in [2.45, 2.75) is 19.1 Å². The van der Waals surface area contributed by atoms with Gasteiger partial charge in [-0.1, -0.05) is 66.7 Å². The number of anilines is 1. The summed E-state index contributed by atoms with van der Waals surface area (Å²) in [6, 6.07) is 25.7. The van der Waals surface area contributed by atoms with Crippen LogP contribution in [-0.4, -0.2) is 24.2 Å². The van der Waals surface area contributed by atoms with Gasteiger partial charge in [0.1, 0.15) is 0 Å². The molecule has 1 atom stereocenters. The number of carboxylic acid groups (broad SMARTS) is 1. The predicted octanol–water partition coefficient (Wildman–Crippen LogP) is 4.61. The number of rotatable bonds is 8. The Morgan fingerprint density at radius 3 is 2.33 bits per heavy atom. The number of ether oxygens (including phenoxy) is 1. The molecule has 0 aliphatic carbocycles. The molecule has 4 heteroatoms. The lowest BCUT2D eigenvalue weighted by molar-refractivity contribution is -0.151. The fourth-order valence-corrected chi connectivity index (χ4v) is 2.89. The molecule has 0 bridgehead atoms. The quantitative estimate of drug-likeness (QED) is 0.615. The Labute approximate surface area is 159 Å². The van der Waals surface area contributed by atoms with Crippen molar-refractivity contribution in [3.63, 3.8) is 0 Å². The lowest BCUT2D eigenvalue weighted by atomic mass is 10.0. The van der Waals surface area contributed by atoms with Gasteiger partial charge in [-0.15, -0.1) is 0 Å². The zero-order chi connectivity index (χ0) is 19.1. The smallest absolute Gasteiger partial charge is 0.333 e. The van der Waals surface area contributed by atoms with E-state index in [0.29, 0.717) is 6.42 Å². The lowest BCUT2D eigenvalue weighted by Crippen LogP contribution is -2.26. The topological polar surface area (TPSA) is 58.6 Å². The maximum absolute atomic E-state index is 11.6. The molecule has 138 valence electrons. The number of benzene rings is 3. The molecule has 0 fully saturated rings. The number of carbonyl (C=O) groups is 1. The van der Waals surface area contributed by atoms with Crippen molar-refractivity contribution in [1.82, 2.24) is 0 Å². The van der Waals surface area contributed by atoms with Crippen LogP contribution in [-0.2, 0) is 22.6 Å². The first kappa shape index (κ1) is 18.7. The van der Waals surface area contributed by atoms with Gasteiger partial charge in [0.2, 0.25) is 0 Å². The summed E-state index contributed by atoms with van der Waals surface area (Å²) in [5.41, 5.74) is 5.15. The lowest BCUT2D eigenvalue weighted by Gasteiger charge is -2.14. The first-order valence-electron chi connectivity index (χ1n) is 8.91. The predicted molar refractivity (Wildman–Crippen MR) is 108 cm³/mol. The van der Waals surface area contributed by atoms with Crippen LogP contribution in [0.15, 0.2) is 78.9 Å². The molecule has 0 saturated carbocycles. The van der Waals surface area contributed by atoms with Crippen molar-refractivity contribution in [3.8, 4) is 11.1 Å². The van der Waals surface area contributed by atoms with Crippen LogP contribution in [0.1, 0.15) is 11.1 Å². The highest BCUT2D eigenvalue weighted by molar-refractivity contribution is 5.73. The van der Waals surface area contributed by atoms with E-state index < -0.39 is 12.1 Å². The number of hydrogen-bond donors (Lipinski definition) is 2. The summed E-state index contributed by atoms with van der Waals surface area (Å²) in [5.74, 6) is -0.947. The Balaban J connectivity index is 1.66. The standard InChI is InChI=1S/C23H23NO3/c1-24-21-9-5-8-20(15-21)19-12-10-17(11-13-19)14-22(23(25)26)27-16-18-6-3-2-4-7-18/h2-13,15,22,24H,14,16H2,1H3,(H,25,26)/t22-/m0/s1. The molecule has 0 aliphatic heterocycles. The molecule has 0 aliphatic rings. The van der Waals surface area contributed by atoms with E-state index in [2.05, 4.69) is 17.4 Å². The van der Waals surface area contributed by atoms with Crippen molar-refractivity contribution in [3.05, 3.63) is 90.0 Å². The Morgan fingerprint density at radius 1 is 0.926 bits per heavy atom. The molecular formula is C23H23NO3. The Hall–Kier alpha value is -3.11. The van der Waals surface area contributed by atoms with Gasteiger partial charge in [-0.2, -0.15) is 0 Å². The third kappa shape index (κ3) is 5.19. The second kappa shape index (κ2) is 9.01. The van der Waals surface area contributed by atoms with Crippen LogP contribution in [0.3, 0.4) is 0 Å². The molecule has 0 aromatic heterocycles. The number of carboxylic acids is 1. The second-order valence-corrected chi connectivity index (χ2v) is 6.36. The molecule has 3 aromatic rings. The Bertz CT molecular complexity index is 876. The zero-order valence-electron chi connectivity index (χ0n) is 15.3. The van der Waals surface area contributed by atoms with Gasteiger partial charge in [0, 0.05) is 19.2 Å². The van der Waals surface area contributed by atoms with Crippen LogP contribution in [0.2, 0.25) is 0 Å². The van der Waals surface area contributed by atoms with E-state index in [-0.39, 0.29) is 6.61 Å². The molecule has 2 N–H and O–H groups in total. The van der Waals surface area contributed by atoms with Gasteiger partial charge in [0.25, 0.3) is 0 Å². The average molecular weight is 361 g/mol. The molecule has 4 nitrogen and oxygen atoms in total. The molecule has 0 amide bonds. The first-order chi connectivity index (χ1) is 13.2. The summed E-state index contributed by atoms with van der Waals surface area (Å²) in [6.45, 7) is 0.284. The molecule has 0 spiro atoms. The summed E-state index contributed by atoms with van der Waals surface area (Å²) >= 11 is 0. The summed E-state index contributed by atoms with van der Waals surface area (Å²) in [5, 5.41) is 12.6. The fraction of sp³-hybridized carbons (Fsp3) is 0.174. The molecule has 0 heterocycles. The van der Waals surface area contributed by atoms with Crippen LogP contribution >= 0.6 is 0 Å². The van der Waals surface area contributed by atoms with Crippen molar-refractivity contribution in [2.24, 2.45) is 0 Å². The van der Waals surface area contributed by atoms with Crippen LogP contribution in [0.5, 0.6) is 0 Å². The van der Waals surface area contributed by atoms with E-state index in [4.69, 9.17) is 4.74 Å². The van der Waals surface area contributed by atoms with Gasteiger partial charge in [-0.3, -0.25) is 0 Å². The highest BCUT2D eigenvalue weighted by atomic mass is 16.5. The maximum Gasteiger partial charge on any atom is 0.333 e. The molecule has 3 rings (SSSR count). The first-order valence-corrected chi connectivity index (χ1v) is 8.91. The third-order valence-corrected chi connectivity index (χ3v) is 4.43. The zero-order valence-corrected chi connectivity index (χ0v) is 15.3. The van der Waals surface area contributed by atoms with Crippen molar-refractivity contribution >= 4 is 11.7 Å². The van der Waals surface area contributed by atoms with Gasteiger partial charge < -0.3 is 15.2 Å². The largest absolute Gasteiger partial charge is 0.479 e. The fourth-order valence-electron chi connectivity index (χ4n) is 2.89. The molecule has 0 unspecified atom stereocenters. The normalized spacial score (nSPS) is 11.7. The van der Waals surface area contributed by atoms with Crippen LogP contribution in [0.25, 0.3) is 11.1 Å². The minimum absolute atomic E-state index is 0.284. The minimum atomic E-state index is -0.947. The monoisotopic (exact) mass is 361 g/mol. The van der Waals surface area contributed by atoms with E-state index >= 15 is 0 Å². The highest BCUT2D eigenvalue weighted by Gasteiger charge is 2.18. The minimum Gasteiger partial charge on any atom is -0.479 e. The van der Waals surface area contributed by atoms with Gasteiger partial charge in [-0.25, -0.2) is 4.79 Å². The SMILES string of the molecule is CNc1cccc(-c2ccc(C[C@H](OCc3ccccc3)C(=O)O)cc2)c1. The van der Waals surface area contributed by atoms with Gasteiger partial charge >= 0.3 is 5.97 Å². The summed E-state index contributed by atoms with van der Waals surface area (Å²) < 4.78 is 5.63. The third-order valence-electron chi connectivity index (χ3n) is 4.43. The maximum atomic E-state index is 11.6. The van der Waals surface area contributed by atoms with E-state index in [0.717, 1.165) is 27.9 Å². The average Bonchev–Trinajstić information content (AvgIpc) is 2.72. The van der Waals surface area contributed by atoms with Gasteiger partial charge in [0.05, 0.1) is 6.61 Å². The summed E-state index contributed by atoms with van der Waals surface area (Å²) in [6.07, 6.45) is -0.539. The summed E-state index contributed by atoms with van der Waals surface area (Å²) in [4.78, 5) is 11.6. The number of hydrogen-bond acceptors (Lipinski definition) is 3. The van der Waals surface area contributed by atoms with Crippen molar-refractivity contribution in [1.29, 1.82) is 0 Å². The van der Waals surface area contributed by atoms with Crippen LogP contribution in [0.4, 0.5) is 5.69 Å². The van der Waals surface area contributed by atoms with E-state index in [1.165, 1.54) is 0 Å². The van der Waals surface area contributed by atoms with Gasteiger partial charge in [-0.05, 0) is 34.4 Å². The van der Waals surface area contributed by atoms with Crippen LogP contribution in [0, 0.1) is 0 Å². The van der Waals surface area contributed by atoms with E-state index in [1.807, 2.05) is 73.8 Å². The molecule has 0 radical (unpaired) electrons. The number of nitrogens with one attached hydrogen (secondary N) is 1. The molecule has 27 heavy (non-hydrogen) atoms. The van der Waals surface area contributed by atoms with Crippen molar-refractivity contribution in [2.75, 3.05) is 12.4 Å². The molecule has 0 saturated heterocycles. The number of aliphatic carboxylic acids is 1. The van der Waals surface area contributed by atoms with E-state index in [1.54, 1.807) is 0 Å². The van der Waals surface area contributed by atoms with Crippen molar-refractivity contribution < 1.29 is 14.6 Å².